The lowest BCUT2D eigenvalue weighted by Gasteiger charge is -2.35. The molecule has 3 heterocycles. The lowest BCUT2D eigenvalue weighted by Crippen LogP contribution is -2.47. The van der Waals surface area contributed by atoms with Gasteiger partial charge in [0.1, 0.15) is 5.82 Å². The highest BCUT2D eigenvalue weighted by Gasteiger charge is 2.17. The van der Waals surface area contributed by atoms with Crippen LogP contribution in [-0.4, -0.2) is 57.6 Å². The molecule has 0 atom stereocenters. The van der Waals surface area contributed by atoms with Gasteiger partial charge in [0.25, 0.3) is 0 Å². The second-order valence-electron chi connectivity index (χ2n) is 4.64. The fourth-order valence-electron chi connectivity index (χ4n) is 2.33. The molecule has 0 aliphatic carbocycles. The number of piperazine rings is 1. The van der Waals surface area contributed by atoms with Crippen LogP contribution in [0.4, 0.5) is 5.82 Å². The second kappa shape index (κ2) is 5.79. The van der Waals surface area contributed by atoms with Crippen LogP contribution in [0.3, 0.4) is 0 Å². The topological polar surface area (TPSA) is 50.1 Å². The average molecular weight is 258 g/mol. The first-order chi connectivity index (χ1) is 9.42. The highest BCUT2D eigenvalue weighted by molar-refractivity contribution is 5.38. The van der Waals surface area contributed by atoms with Crippen molar-refractivity contribution in [3.8, 4) is 0 Å². The SMILES string of the molecule is c1ccc(N2CCN(CCn3nccn3)CC2)nc1. The summed E-state index contributed by atoms with van der Waals surface area (Å²) in [5.74, 6) is 1.08. The van der Waals surface area contributed by atoms with Gasteiger partial charge in [-0.25, -0.2) is 4.98 Å². The van der Waals surface area contributed by atoms with Crippen LogP contribution >= 0.6 is 0 Å². The zero-order valence-electron chi connectivity index (χ0n) is 10.9. The lowest BCUT2D eigenvalue weighted by atomic mass is 10.3. The predicted octanol–water partition coefficient (Wildman–Crippen LogP) is 0.495. The minimum absolute atomic E-state index is 0.858. The smallest absolute Gasteiger partial charge is 0.128 e. The Bertz CT molecular complexity index is 475. The molecule has 1 saturated heterocycles. The first-order valence-electron chi connectivity index (χ1n) is 6.64. The highest BCUT2D eigenvalue weighted by atomic mass is 15.5. The first-order valence-corrected chi connectivity index (χ1v) is 6.64. The average Bonchev–Trinajstić information content (AvgIpc) is 3.00. The van der Waals surface area contributed by atoms with Crippen LogP contribution in [0, 0.1) is 0 Å². The van der Waals surface area contributed by atoms with Gasteiger partial charge in [0.2, 0.25) is 0 Å². The maximum Gasteiger partial charge on any atom is 0.128 e. The molecule has 19 heavy (non-hydrogen) atoms. The van der Waals surface area contributed by atoms with Crippen LogP contribution in [0.2, 0.25) is 0 Å². The van der Waals surface area contributed by atoms with E-state index in [9.17, 15) is 0 Å². The quantitative estimate of drug-likeness (QED) is 0.799. The second-order valence-corrected chi connectivity index (χ2v) is 4.64. The summed E-state index contributed by atoms with van der Waals surface area (Å²) in [6.07, 6.45) is 5.29. The molecule has 1 aliphatic rings. The largest absolute Gasteiger partial charge is 0.354 e. The molecule has 0 radical (unpaired) electrons. The van der Waals surface area contributed by atoms with Crippen molar-refractivity contribution in [3.63, 3.8) is 0 Å². The van der Waals surface area contributed by atoms with Gasteiger partial charge < -0.3 is 4.90 Å². The Morgan fingerprint density at radius 1 is 0.895 bits per heavy atom. The van der Waals surface area contributed by atoms with E-state index in [2.05, 4.69) is 31.0 Å². The molecule has 0 unspecified atom stereocenters. The number of hydrogen-bond donors (Lipinski definition) is 0. The first kappa shape index (κ1) is 12.1. The normalized spacial score (nSPS) is 16.7. The molecule has 100 valence electrons. The van der Waals surface area contributed by atoms with Crippen molar-refractivity contribution < 1.29 is 0 Å². The summed E-state index contributed by atoms with van der Waals surface area (Å²) in [6, 6.07) is 6.07. The van der Waals surface area contributed by atoms with Crippen LogP contribution in [0.1, 0.15) is 0 Å². The summed E-state index contributed by atoms with van der Waals surface area (Å²) in [4.78, 5) is 10.9. The molecule has 0 spiro atoms. The number of hydrogen-bond acceptors (Lipinski definition) is 5. The van der Waals surface area contributed by atoms with Gasteiger partial charge in [-0.3, -0.25) is 4.90 Å². The van der Waals surface area contributed by atoms with Crippen LogP contribution in [0.25, 0.3) is 0 Å². The molecular weight excluding hydrogens is 240 g/mol. The van der Waals surface area contributed by atoms with E-state index in [1.165, 1.54) is 0 Å². The Labute approximate surface area is 112 Å². The molecule has 1 aliphatic heterocycles. The van der Waals surface area contributed by atoms with Gasteiger partial charge in [0.15, 0.2) is 0 Å². The Balaban J connectivity index is 1.47. The summed E-state index contributed by atoms with van der Waals surface area (Å²) in [7, 11) is 0. The number of nitrogens with zero attached hydrogens (tertiary/aromatic N) is 6. The van der Waals surface area contributed by atoms with E-state index in [4.69, 9.17) is 0 Å². The molecule has 3 rings (SSSR count). The molecule has 2 aromatic heterocycles. The zero-order chi connectivity index (χ0) is 12.9. The van der Waals surface area contributed by atoms with Crippen molar-refractivity contribution in [2.24, 2.45) is 0 Å². The van der Waals surface area contributed by atoms with Crippen molar-refractivity contribution in [2.75, 3.05) is 37.6 Å². The zero-order valence-corrected chi connectivity index (χ0v) is 10.9. The van der Waals surface area contributed by atoms with Gasteiger partial charge in [-0.1, -0.05) is 6.07 Å². The highest BCUT2D eigenvalue weighted by Crippen LogP contribution is 2.12. The van der Waals surface area contributed by atoms with E-state index in [1.807, 2.05) is 18.3 Å². The molecule has 0 saturated carbocycles. The van der Waals surface area contributed by atoms with Crippen LogP contribution < -0.4 is 4.90 Å². The van der Waals surface area contributed by atoms with Crippen molar-refractivity contribution >= 4 is 5.82 Å². The van der Waals surface area contributed by atoms with E-state index in [0.29, 0.717) is 0 Å². The minimum atomic E-state index is 0.858. The van der Waals surface area contributed by atoms with Gasteiger partial charge in [-0.2, -0.15) is 15.0 Å². The molecule has 0 N–H and O–H groups in total. The lowest BCUT2D eigenvalue weighted by molar-refractivity contribution is 0.239. The van der Waals surface area contributed by atoms with E-state index >= 15 is 0 Å². The fourth-order valence-corrected chi connectivity index (χ4v) is 2.33. The van der Waals surface area contributed by atoms with Gasteiger partial charge in [-0.05, 0) is 12.1 Å². The fraction of sp³-hybridized carbons (Fsp3) is 0.462. The number of anilines is 1. The van der Waals surface area contributed by atoms with Gasteiger partial charge >= 0.3 is 0 Å². The number of rotatable bonds is 4. The number of aromatic nitrogens is 4. The Kier molecular flexibility index (Phi) is 3.69. The maximum atomic E-state index is 4.40. The van der Waals surface area contributed by atoms with Crippen molar-refractivity contribution in [2.45, 2.75) is 6.54 Å². The van der Waals surface area contributed by atoms with Crippen LogP contribution in [0.15, 0.2) is 36.8 Å². The summed E-state index contributed by atoms with van der Waals surface area (Å²) >= 11 is 0. The molecule has 1 fully saturated rings. The molecule has 2 aromatic rings. The molecule has 6 nitrogen and oxygen atoms in total. The third-order valence-corrected chi connectivity index (χ3v) is 3.43. The summed E-state index contributed by atoms with van der Waals surface area (Å²) < 4.78 is 0. The third kappa shape index (κ3) is 3.08. The van der Waals surface area contributed by atoms with Gasteiger partial charge in [0, 0.05) is 38.9 Å². The Hall–Kier alpha value is -1.95. The molecule has 0 aromatic carbocycles. The summed E-state index contributed by atoms with van der Waals surface area (Å²) in [5, 5.41) is 8.24. The van der Waals surface area contributed by atoms with E-state index in [-0.39, 0.29) is 0 Å². The molecular formula is C13H18N6. The van der Waals surface area contributed by atoms with E-state index in [0.717, 1.165) is 45.1 Å². The van der Waals surface area contributed by atoms with E-state index in [1.54, 1.807) is 17.2 Å². The van der Waals surface area contributed by atoms with Gasteiger partial charge in [0.05, 0.1) is 18.9 Å². The van der Waals surface area contributed by atoms with Crippen molar-refractivity contribution in [1.29, 1.82) is 0 Å². The van der Waals surface area contributed by atoms with E-state index < -0.39 is 0 Å². The maximum absolute atomic E-state index is 4.40. The molecule has 0 amide bonds. The Morgan fingerprint density at radius 3 is 2.37 bits per heavy atom. The third-order valence-electron chi connectivity index (χ3n) is 3.43. The van der Waals surface area contributed by atoms with Crippen LogP contribution in [-0.2, 0) is 6.54 Å². The van der Waals surface area contributed by atoms with Crippen molar-refractivity contribution in [1.82, 2.24) is 24.9 Å². The predicted molar refractivity (Wildman–Crippen MR) is 72.9 cm³/mol. The van der Waals surface area contributed by atoms with Crippen molar-refractivity contribution in [3.05, 3.63) is 36.8 Å². The standard InChI is InChI=1S/C13H18N6/c1-2-4-14-13(3-1)18-10-7-17(8-11-18)9-12-19-15-5-6-16-19/h1-6H,7-12H2. The molecule has 6 heteroatoms. The van der Waals surface area contributed by atoms with Gasteiger partial charge in [-0.15, -0.1) is 0 Å². The monoisotopic (exact) mass is 258 g/mol. The Morgan fingerprint density at radius 2 is 1.68 bits per heavy atom. The minimum Gasteiger partial charge on any atom is -0.354 e. The summed E-state index contributed by atoms with van der Waals surface area (Å²) in [5.41, 5.74) is 0. The van der Waals surface area contributed by atoms with Crippen LogP contribution in [0.5, 0.6) is 0 Å². The molecule has 0 bridgehead atoms. The number of pyridine rings is 1. The summed E-state index contributed by atoms with van der Waals surface area (Å²) in [6.45, 7) is 6.06.